The van der Waals surface area contributed by atoms with Crippen LogP contribution in [0.25, 0.3) is 11.1 Å². The molecule has 0 heterocycles. The first-order valence-electron chi connectivity index (χ1n) is 21.5. The number of ether oxygens (including phenoxy) is 3. The predicted molar refractivity (Wildman–Crippen MR) is 246 cm³/mol. The molecule has 0 unspecified atom stereocenters. The van der Waals surface area contributed by atoms with Crippen LogP contribution < -0.4 is 16.4 Å². The highest BCUT2D eigenvalue weighted by Gasteiger charge is 2.33. The largest absolute Gasteiger partial charge is 0.465 e. The van der Waals surface area contributed by atoms with Crippen molar-refractivity contribution in [1.82, 2.24) is 10.6 Å². The Hall–Kier alpha value is -5.35. The lowest BCUT2D eigenvalue weighted by molar-refractivity contribution is -0.151. The Morgan fingerprint density at radius 1 is 0.839 bits per heavy atom. The maximum atomic E-state index is 14.3. The van der Waals surface area contributed by atoms with Crippen LogP contribution in [0.4, 0.5) is 4.79 Å². The molecule has 13 heteroatoms. The van der Waals surface area contributed by atoms with E-state index in [1.165, 1.54) is 0 Å². The van der Waals surface area contributed by atoms with Crippen LogP contribution in [0.5, 0.6) is 0 Å². The molecule has 0 aromatic heterocycles. The van der Waals surface area contributed by atoms with Gasteiger partial charge in [0.1, 0.15) is 18.8 Å². The van der Waals surface area contributed by atoms with E-state index in [-0.39, 0.29) is 64.9 Å². The lowest BCUT2D eigenvalue weighted by Crippen LogP contribution is -2.45. The van der Waals surface area contributed by atoms with Crippen LogP contribution in [0.1, 0.15) is 94.7 Å². The molecule has 3 aromatic rings. The van der Waals surface area contributed by atoms with E-state index in [4.69, 9.17) is 19.9 Å². The van der Waals surface area contributed by atoms with Gasteiger partial charge in [0.15, 0.2) is 5.78 Å². The van der Waals surface area contributed by atoms with Gasteiger partial charge >= 0.3 is 18.0 Å². The van der Waals surface area contributed by atoms with Gasteiger partial charge in [-0.1, -0.05) is 91.4 Å². The van der Waals surface area contributed by atoms with Crippen molar-refractivity contribution >= 4 is 43.5 Å². The van der Waals surface area contributed by atoms with Crippen molar-refractivity contribution in [3.8, 4) is 11.1 Å². The van der Waals surface area contributed by atoms with E-state index in [1.54, 1.807) is 26.8 Å². The number of aliphatic imine (C=N–C) groups is 1. The second-order valence-corrected chi connectivity index (χ2v) is 19.5. The molecule has 0 saturated carbocycles. The Balaban J connectivity index is 1.49. The molecule has 1 aliphatic carbocycles. The number of nitrogens with two attached hydrogens (primary N) is 1. The number of Topliss-reactive ketones (excluding diaryl/α,β-unsaturated/α-hetero) is 1. The summed E-state index contributed by atoms with van der Waals surface area (Å²) in [6.45, 7) is 14.2. The third-order valence-corrected chi connectivity index (χ3v) is 11.4. The third-order valence-electron chi connectivity index (χ3n) is 10.4. The number of carbonyl (C=O) groups is 5. The lowest BCUT2D eigenvalue weighted by atomic mass is 9.92. The van der Waals surface area contributed by atoms with Crippen LogP contribution in [-0.2, 0) is 40.0 Å². The molecule has 0 aliphatic heterocycles. The first kappa shape index (κ1) is 49.3. The molecule has 0 bridgehead atoms. The normalized spacial score (nSPS) is 13.9. The highest BCUT2D eigenvalue weighted by Crippen LogP contribution is 2.44. The zero-order valence-corrected chi connectivity index (χ0v) is 37.9. The molecule has 1 aliphatic rings. The van der Waals surface area contributed by atoms with Gasteiger partial charge in [0.2, 0.25) is 5.91 Å². The number of hydrogen-bond acceptors (Lipinski definition) is 9. The number of rotatable bonds is 25. The summed E-state index contributed by atoms with van der Waals surface area (Å²) in [7, 11) is -0.278. The molecule has 0 spiro atoms. The molecule has 62 heavy (non-hydrogen) atoms. The van der Waals surface area contributed by atoms with E-state index < -0.39 is 47.4 Å². The van der Waals surface area contributed by atoms with Crippen molar-refractivity contribution < 1.29 is 38.2 Å². The number of alkyl carbamates (subject to hydrolysis) is 1. The lowest BCUT2D eigenvalue weighted by Gasteiger charge is -2.24. The maximum absolute atomic E-state index is 14.3. The first-order valence-corrected chi connectivity index (χ1v) is 24.0. The van der Waals surface area contributed by atoms with Crippen molar-refractivity contribution in [3.63, 3.8) is 0 Å². The van der Waals surface area contributed by atoms with E-state index >= 15 is 0 Å². The van der Waals surface area contributed by atoms with Crippen LogP contribution in [0.3, 0.4) is 0 Å². The highest BCUT2D eigenvalue weighted by molar-refractivity contribution is 7.57. The SMILES string of the molecule is C=CC[C@H](CC(=O)[C@@H](CCCN=C(N)CP(C)C)NC(=O)[C@@H](CCCCNC(=O)OC(C)(C)C)CC(=O)OCC1c2ccccc2-c2ccccc21)C(=O)OCc1ccccc1. The smallest absolute Gasteiger partial charge is 0.407 e. The van der Waals surface area contributed by atoms with E-state index in [0.29, 0.717) is 44.3 Å². The van der Waals surface area contributed by atoms with Gasteiger partial charge < -0.3 is 30.6 Å². The fourth-order valence-electron chi connectivity index (χ4n) is 7.41. The van der Waals surface area contributed by atoms with Crippen molar-refractivity contribution in [2.24, 2.45) is 22.6 Å². The number of amidine groups is 1. The van der Waals surface area contributed by atoms with Crippen LogP contribution in [0, 0.1) is 11.8 Å². The number of allylic oxidation sites excluding steroid dienone is 1. The molecular formula is C49H65N4O8P. The zero-order valence-electron chi connectivity index (χ0n) is 37.0. The van der Waals surface area contributed by atoms with E-state index in [9.17, 15) is 24.0 Å². The molecule has 4 rings (SSSR count). The summed E-state index contributed by atoms with van der Waals surface area (Å²) in [4.78, 5) is 72.1. The maximum Gasteiger partial charge on any atom is 0.407 e. The summed E-state index contributed by atoms with van der Waals surface area (Å²) in [6, 6.07) is 24.4. The quantitative estimate of drug-likeness (QED) is 0.0144. The average molecular weight is 869 g/mol. The van der Waals surface area contributed by atoms with Gasteiger partial charge in [0.05, 0.1) is 24.2 Å². The topological polar surface area (TPSA) is 175 Å². The number of unbranched alkanes of at least 4 members (excludes halogenated alkanes) is 1. The van der Waals surface area contributed by atoms with Crippen LogP contribution in [-0.4, -0.2) is 86.4 Å². The zero-order chi connectivity index (χ0) is 45.1. The van der Waals surface area contributed by atoms with Crippen molar-refractivity contribution in [1.29, 1.82) is 0 Å². The molecule has 334 valence electrons. The summed E-state index contributed by atoms with van der Waals surface area (Å²) in [5, 5.41) is 5.69. The van der Waals surface area contributed by atoms with Crippen LogP contribution in [0.2, 0.25) is 0 Å². The number of ketones is 1. The van der Waals surface area contributed by atoms with Gasteiger partial charge in [-0.05, 0) is 94.0 Å². The Morgan fingerprint density at radius 2 is 1.48 bits per heavy atom. The Morgan fingerprint density at radius 3 is 2.11 bits per heavy atom. The fraction of sp³-hybridized carbons (Fsp3) is 0.469. The standard InChI is InChI=1S/C49H65N4O8P/c1-7-18-36(47(57)60-31-34-19-9-8-10-20-34)29-43(54)42(26-17-28-51-44(50)33-62(5)6)53-46(56)35(21-15-16-27-52-48(58)61-49(2,3)4)30-45(55)59-32-41-39-24-13-11-22-37(39)38-23-12-14-25-40(38)41/h7-14,19-20,22-25,35-36,41-42H,1,15-18,21,26-33H2,2-6H3,(H2,50,51)(H,52,58)(H,53,56)/t35-,36+,42+/m0/s1. The Bertz CT molecular complexity index is 1950. The number of esters is 2. The van der Waals surface area contributed by atoms with Gasteiger partial charge in [-0.15, -0.1) is 14.5 Å². The summed E-state index contributed by atoms with van der Waals surface area (Å²) in [6.07, 6.45) is 3.52. The highest BCUT2D eigenvalue weighted by atomic mass is 31.1. The van der Waals surface area contributed by atoms with Crippen LogP contribution in [0.15, 0.2) is 96.5 Å². The summed E-state index contributed by atoms with van der Waals surface area (Å²) < 4.78 is 16.9. The Kier molecular flexibility index (Phi) is 19.8. The van der Waals surface area contributed by atoms with Crippen molar-refractivity contribution in [2.45, 2.75) is 96.3 Å². The Labute approximate surface area is 368 Å². The van der Waals surface area contributed by atoms with E-state index in [0.717, 1.165) is 27.8 Å². The number of hydrogen-bond donors (Lipinski definition) is 3. The third kappa shape index (κ3) is 16.5. The number of amides is 2. The molecule has 0 saturated heterocycles. The predicted octanol–water partition coefficient (Wildman–Crippen LogP) is 8.30. The van der Waals surface area contributed by atoms with Gasteiger partial charge in [-0.2, -0.15) is 0 Å². The van der Waals surface area contributed by atoms with Gasteiger partial charge in [-0.25, -0.2) is 4.79 Å². The average Bonchev–Trinajstić information content (AvgIpc) is 3.55. The molecule has 0 radical (unpaired) electrons. The molecule has 12 nitrogen and oxygen atoms in total. The van der Waals surface area contributed by atoms with Crippen LogP contribution >= 0.6 is 7.92 Å². The molecular weight excluding hydrogens is 804 g/mol. The molecule has 0 fully saturated rings. The van der Waals surface area contributed by atoms with E-state index in [2.05, 4.69) is 47.7 Å². The number of fused-ring (bicyclic) bond motifs is 3. The fourth-order valence-corrected chi connectivity index (χ4v) is 8.16. The van der Waals surface area contributed by atoms with Gasteiger partial charge in [0, 0.05) is 37.5 Å². The van der Waals surface area contributed by atoms with Gasteiger partial charge in [-0.3, -0.25) is 24.2 Å². The minimum atomic E-state index is -0.971. The number of benzene rings is 3. The first-order chi connectivity index (χ1) is 29.6. The number of carbonyl (C=O) groups excluding carboxylic acids is 5. The summed E-state index contributed by atoms with van der Waals surface area (Å²) in [5.41, 5.74) is 10.7. The minimum Gasteiger partial charge on any atom is -0.465 e. The van der Waals surface area contributed by atoms with Gasteiger partial charge in [0.25, 0.3) is 0 Å². The van der Waals surface area contributed by atoms with Crippen molar-refractivity contribution in [3.05, 3.63) is 108 Å². The number of nitrogens with zero attached hydrogens (tertiary/aromatic N) is 1. The second-order valence-electron chi connectivity index (χ2n) is 17.0. The summed E-state index contributed by atoms with van der Waals surface area (Å²) in [5.74, 6) is -3.15. The summed E-state index contributed by atoms with van der Waals surface area (Å²) >= 11 is 0. The van der Waals surface area contributed by atoms with Crippen molar-refractivity contribution in [2.75, 3.05) is 39.2 Å². The molecule has 4 N–H and O–H groups in total. The second kappa shape index (κ2) is 24.9. The molecule has 2 amide bonds. The number of nitrogens with one attached hydrogen (secondary N) is 2. The van der Waals surface area contributed by atoms with E-state index in [1.807, 2.05) is 66.7 Å². The molecule has 3 aromatic carbocycles. The minimum absolute atomic E-state index is 0.0592. The molecule has 3 atom stereocenters. The monoisotopic (exact) mass is 868 g/mol.